The number of amides is 1. The molecule has 0 radical (unpaired) electrons. The largest absolute Gasteiger partial charge is 0.322 e. The van der Waals surface area contributed by atoms with Crippen LogP contribution in [0.25, 0.3) is 22.4 Å². The summed E-state index contributed by atoms with van der Waals surface area (Å²) in [6.45, 7) is 0. The van der Waals surface area contributed by atoms with E-state index >= 15 is 0 Å². The molecule has 0 aliphatic rings. The highest BCUT2D eigenvalue weighted by Crippen LogP contribution is 2.31. The average Bonchev–Trinajstić information content (AvgIpc) is 2.81. The Balaban J connectivity index is 1.68. The van der Waals surface area contributed by atoms with Gasteiger partial charge in [0.25, 0.3) is 5.91 Å². The van der Waals surface area contributed by atoms with Crippen molar-refractivity contribution in [3.8, 4) is 22.4 Å². The minimum atomic E-state index is -0.525. The number of aromatic nitrogens is 1. The number of hydrogen-bond donors (Lipinski definition) is 1. The Bertz CT molecular complexity index is 1250. The van der Waals surface area contributed by atoms with Crippen LogP contribution in [0.2, 0.25) is 5.02 Å². The summed E-state index contributed by atoms with van der Waals surface area (Å²) in [6, 6.07) is 23.2. The molecule has 0 spiro atoms. The van der Waals surface area contributed by atoms with E-state index in [4.69, 9.17) is 11.6 Å². The topological polar surface area (TPSA) is 42.0 Å². The van der Waals surface area contributed by atoms with Crippen LogP contribution in [0.5, 0.6) is 0 Å². The van der Waals surface area contributed by atoms with E-state index in [2.05, 4.69) is 10.3 Å². The minimum absolute atomic E-state index is 0.0436. The second-order valence-corrected chi connectivity index (χ2v) is 8.08. The molecular formula is C25H18ClFN2OS. The Morgan fingerprint density at radius 3 is 2.58 bits per heavy atom. The molecule has 0 bridgehead atoms. The molecule has 6 heteroatoms. The highest BCUT2D eigenvalue weighted by molar-refractivity contribution is 7.98. The zero-order valence-electron chi connectivity index (χ0n) is 16.6. The number of nitrogens with one attached hydrogen (secondary N) is 1. The predicted molar refractivity (Wildman–Crippen MR) is 126 cm³/mol. The van der Waals surface area contributed by atoms with Gasteiger partial charge in [0.15, 0.2) is 0 Å². The van der Waals surface area contributed by atoms with Gasteiger partial charge in [-0.2, -0.15) is 0 Å². The summed E-state index contributed by atoms with van der Waals surface area (Å²) in [4.78, 5) is 18.5. The molecule has 0 aliphatic heterocycles. The van der Waals surface area contributed by atoms with Crippen LogP contribution in [0.3, 0.4) is 0 Å². The molecule has 0 atom stereocenters. The first-order valence-electron chi connectivity index (χ1n) is 9.51. The number of halogens is 2. The monoisotopic (exact) mass is 448 g/mol. The van der Waals surface area contributed by atoms with Crippen LogP contribution in [0.1, 0.15) is 10.4 Å². The average molecular weight is 449 g/mol. The standard InChI is InChI=1S/C25H18ClFN2OS/c1-31-19-9-10-20(21(15-19)16-8-11-22(26)23(27)14-16)25(30)29-18-6-4-5-17(13-18)24-7-2-3-12-28-24/h2-15H,1H3,(H,29,30). The van der Waals surface area contributed by atoms with Crippen molar-refractivity contribution in [1.29, 1.82) is 0 Å². The van der Waals surface area contributed by atoms with E-state index in [1.807, 2.05) is 60.9 Å². The Morgan fingerprint density at radius 2 is 1.84 bits per heavy atom. The number of benzene rings is 3. The number of carbonyl (C=O) groups excluding carboxylic acids is 1. The van der Waals surface area contributed by atoms with Gasteiger partial charge in [-0.15, -0.1) is 11.8 Å². The summed E-state index contributed by atoms with van der Waals surface area (Å²) < 4.78 is 14.1. The minimum Gasteiger partial charge on any atom is -0.322 e. The summed E-state index contributed by atoms with van der Waals surface area (Å²) in [5, 5.41) is 2.99. The summed E-state index contributed by atoms with van der Waals surface area (Å²) in [7, 11) is 0. The highest BCUT2D eigenvalue weighted by atomic mass is 35.5. The van der Waals surface area contributed by atoms with E-state index in [9.17, 15) is 9.18 Å². The Hall–Kier alpha value is -3.15. The molecule has 4 rings (SSSR count). The highest BCUT2D eigenvalue weighted by Gasteiger charge is 2.16. The zero-order valence-corrected chi connectivity index (χ0v) is 18.2. The molecule has 4 aromatic rings. The summed E-state index contributed by atoms with van der Waals surface area (Å²) >= 11 is 7.39. The van der Waals surface area contributed by atoms with Crippen molar-refractivity contribution in [1.82, 2.24) is 4.98 Å². The van der Waals surface area contributed by atoms with E-state index in [1.54, 1.807) is 30.1 Å². The quantitative estimate of drug-likeness (QED) is 0.329. The van der Waals surface area contributed by atoms with Gasteiger partial charge in [-0.05, 0) is 72.0 Å². The van der Waals surface area contributed by atoms with Gasteiger partial charge in [0.2, 0.25) is 0 Å². The molecule has 3 nitrogen and oxygen atoms in total. The van der Waals surface area contributed by atoms with Crippen LogP contribution in [0, 0.1) is 5.82 Å². The molecule has 31 heavy (non-hydrogen) atoms. The maximum absolute atomic E-state index is 14.1. The Labute approximate surface area is 189 Å². The lowest BCUT2D eigenvalue weighted by molar-refractivity contribution is 0.102. The molecule has 1 heterocycles. The van der Waals surface area contributed by atoms with Gasteiger partial charge < -0.3 is 5.32 Å². The van der Waals surface area contributed by atoms with Crippen LogP contribution in [0.4, 0.5) is 10.1 Å². The maximum Gasteiger partial charge on any atom is 0.256 e. The van der Waals surface area contributed by atoms with Gasteiger partial charge in [0, 0.05) is 27.9 Å². The molecule has 1 amide bonds. The molecule has 3 aromatic carbocycles. The molecule has 1 aromatic heterocycles. The van der Waals surface area contributed by atoms with Gasteiger partial charge in [-0.3, -0.25) is 9.78 Å². The van der Waals surface area contributed by atoms with Crippen molar-refractivity contribution in [2.24, 2.45) is 0 Å². The van der Waals surface area contributed by atoms with E-state index in [0.717, 1.165) is 16.2 Å². The number of anilines is 1. The third kappa shape index (κ3) is 4.79. The number of hydrogen-bond acceptors (Lipinski definition) is 3. The van der Waals surface area contributed by atoms with Gasteiger partial charge >= 0.3 is 0 Å². The second-order valence-electron chi connectivity index (χ2n) is 6.79. The Kier molecular flexibility index (Phi) is 6.35. The van der Waals surface area contributed by atoms with E-state index in [1.165, 1.54) is 12.1 Å². The first-order chi connectivity index (χ1) is 15.0. The molecule has 0 saturated carbocycles. The molecular weight excluding hydrogens is 431 g/mol. The summed E-state index contributed by atoms with van der Waals surface area (Å²) in [6.07, 6.45) is 3.68. The van der Waals surface area contributed by atoms with Crippen LogP contribution < -0.4 is 5.32 Å². The first kappa shape index (κ1) is 21.1. The summed E-state index contributed by atoms with van der Waals surface area (Å²) in [5.41, 5.74) is 4.04. The van der Waals surface area contributed by atoms with Gasteiger partial charge in [-0.1, -0.05) is 35.9 Å². The number of nitrogens with zero attached hydrogens (tertiary/aromatic N) is 1. The zero-order chi connectivity index (χ0) is 21.8. The van der Waals surface area contributed by atoms with Crippen molar-refractivity contribution < 1.29 is 9.18 Å². The fourth-order valence-corrected chi connectivity index (χ4v) is 3.80. The number of carbonyl (C=O) groups is 1. The van der Waals surface area contributed by atoms with Crippen molar-refractivity contribution in [3.63, 3.8) is 0 Å². The fraction of sp³-hybridized carbons (Fsp3) is 0.0400. The number of pyridine rings is 1. The van der Waals surface area contributed by atoms with Crippen molar-refractivity contribution in [3.05, 3.63) is 101 Å². The second kappa shape index (κ2) is 9.33. The van der Waals surface area contributed by atoms with E-state index < -0.39 is 5.82 Å². The van der Waals surface area contributed by atoms with Gasteiger partial charge in [0.05, 0.1) is 10.7 Å². The van der Waals surface area contributed by atoms with E-state index in [-0.39, 0.29) is 10.9 Å². The number of rotatable bonds is 5. The third-order valence-electron chi connectivity index (χ3n) is 4.78. The van der Waals surface area contributed by atoms with E-state index in [0.29, 0.717) is 22.4 Å². The molecule has 0 unspecified atom stereocenters. The van der Waals surface area contributed by atoms with Gasteiger partial charge in [-0.25, -0.2) is 4.39 Å². The lowest BCUT2D eigenvalue weighted by atomic mass is 9.99. The SMILES string of the molecule is CSc1ccc(C(=O)Nc2cccc(-c3ccccn3)c2)c(-c2ccc(Cl)c(F)c2)c1. The maximum atomic E-state index is 14.1. The van der Waals surface area contributed by atoms with Gasteiger partial charge in [0.1, 0.15) is 5.82 Å². The molecule has 0 saturated heterocycles. The normalized spacial score (nSPS) is 10.7. The fourth-order valence-electron chi connectivity index (χ4n) is 3.24. The molecule has 0 aliphatic carbocycles. The van der Waals surface area contributed by atoms with Crippen LogP contribution >= 0.6 is 23.4 Å². The lowest BCUT2D eigenvalue weighted by Gasteiger charge is -2.13. The Morgan fingerprint density at radius 1 is 0.968 bits per heavy atom. The number of thioether (sulfide) groups is 1. The predicted octanol–water partition coefficient (Wildman–Crippen LogP) is 7.18. The van der Waals surface area contributed by atoms with Crippen LogP contribution in [0.15, 0.2) is 90.0 Å². The molecule has 0 fully saturated rings. The first-order valence-corrected chi connectivity index (χ1v) is 11.1. The molecule has 154 valence electrons. The molecule has 1 N–H and O–H groups in total. The van der Waals surface area contributed by atoms with Crippen molar-refractivity contribution >= 4 is 35.0 Å². The van der Waals surface area contributed by atoms with Crippen LogP contribution in [-0.4, -0.2) is 17.1 Å². The van der Waals surface area contributed by atoms with Crippen LogP contribution in [-0.2, 0) is 0 Å². The van der Waals surface area contributed by atoms with Crippen molar-refractivity contribution in [2.45, 2.75) is 4.90 Å². The van der Waals surface area contributed by atoms with Crippen molar-refractivity contribution in [2.75, 3.05) is 11.6 Å². The lowest BCUT2D eigenvalue weighted by Crippen LogP contribution is -2.13. The third-order valence-corrected chi connectivity index (χ3v) is 5.81. The summed E-state index contributed by atoms with van der Waals surface area (Å²) in [5.74, 6) is -0.806. The smallest absolute Gasteiger partial charge is 0.256 e.